The Morgan fingerprint density at radius 3 is 2.74 bits per heavy atom. The van der Waals surface area contributed by atoms with E-state index in [2.05, 4.69) is 36.4 Å². The summed E-state index contributed by atoms with van der Waals surface area (Å²) in [7, 11) is 0. The molecule has 1 aromatic rings. The molecule has 1 aromatic heterocycles. The summed E-state index contributed by atoms with van der Waals surface area (Å²) >= 11 is 1.55. The second-order valence-electron chi connectivity index (χ2n) is 5.62. The summed E-state index contributed by atoms with van der Waals surface area (Å²) in [6.07, 6.45) is 0.554. The molecule has 0 aromatic carbocycles. The van der Waals surface area contributed by atoms with Gasteiger partial charge in [-0.2, -0.15) is 0 Å². The highest BCUT2D eigenvalue weighted by Crippen LogP contribution is 2.23. The van der Waals surface area contributed by atoms with E-state index in [1.807, 2.05) is 12.3 Å². The molecule has 0 aliphatic heterocycles. The summed E-state index contributed by atoms with van der Waals surface area (Å²) in [5.74, 6) is 0. The fourth-order valence-electron chi connectivity index (χ4n) is 1.43. The Morgan fingerprint density at radius 2 is 2.21 bits per heavy atom. The molecule has 1 rings (SSSR count). The molecule has 0 fully saturated rings. The number of nitrogens with zero attached hydrogens (tertiary/aromatic N) is 1. The van der Waals surface area contributed by atoms with Crippen LogP contribution in [0.1, 0.15) is 44.8 Å². The van der Waals surface area contributed by atoms with Crippen LogP contribution in [0.15, 0.2) is 5.38 Å². The second kappa shape index (κ2) is 6.86. The van der Waals surface area contributed by atoms with Crippen LogP contribution in [0.2, 0.25) is 0 Å². The first kappa shape index (κ1) is 15.9. The molecule has 1 atom stereocenters. The van der Waals surface area contributed by atoms with Crippen LogP contribution in [0, 0.1) is 0 Å². The van der Waals surface area contributed by atoms with Gasteiger partial charge < -0.3 is 15.7 Å². The zero-order valence-electron chi connectivity index (χ0n) is 12.0. The number of carbonyl (C=O) groups excluding carboxylic acids is 1. The summed E-state index contributed by atoms with van der Waals surface area (Å²) in [6, 6.07) is -0.264. The lowest BCUT2D eigenvalue weighted by Crippen LogP contribution is -2.40. The Hall–Kier alpha value is -1.14. The first-order chi connectivity index (χ1) is 8.82. The minimum absolute atomic E-state index is 0.0344. The Kier molecular flexibility index (Phi) is 5.75. The molecule has 0 aliphatic carbocycles. The summed E-state index contributed by atoms with van der Waals surface area (Å²) in [6.45, 7) is 8.70. The van der Waals surface area contributed by atoms with Crippen LogP contribution in [-0.2, 0) is 12.0 Å². The molecule has 19 heavy (non-hydrogen) atoms. The summed E-state index contributed by atoms with van der Waals surface area (Å²) in [5.41, 5.74) is 1.08. The monoisotopic (exact) mass is 285 g/mol. The van der Waals surface area contributed by atoms with E-state index in [9.17, 15) is 4.79 Å². The van der Waals surface area contributed by atoms with Gasteiger partial charge in [-0.25, -0.2) is 9.78 Å². The van der Waals surface area contributed by atoms with E-state index in [1.54, 1.807) is 11.3 Å². The molecule has 3 N–H and O–H groups in total. The van der Waals surface area contributed by atoms with E-state index in [0.29, 0.717) is 13.0 Å². The predicted molar refractivity (Wildman–Crippen MR) is 77.4 cm³/mol. The first-order valence-electron chi connectivity index (χ1n) is 6.43. The van der Waals surface area contributed by atoms with Gasteiger partial charge in [0, 0.05) is 23.4 Å². The number of urea groups is 1. The van der Waals surface area contributed by atoms with E-state index >= 15 is 0 Å². The van der Waals surface area contributed by atoms with E-state index < -0.39 is 0 Å². The average Bonchev–Trinajstić information content (AvgIpc) is 2.74. The Morgan fingerprint density at radius 1 is 1.53 bits per heavy atom. The summed E-state index contributed by atoms with van der Waals surface area (Å²) < 4.78 is 0. The maximum Gasteiger partial charge on any atom is 0.315 e. The minimum atomic E-state index is -0.228. The maximum absolute atomic E-state index is 11.6. The maximum atomic E-state index is 11.6. The number of rotatable bonds is 5. The van der Waals surface area contributed by atoms with Gasteiger partial charge in [0.15, 0.2) is 0 Å². The number of aromatic nitrogens is 1. The van der Waals surface area contributed by atoms with Gasteiger partial charge in [0.05, 0.1) is 12.2 Å². The van der Waals surface area contributed by atoms with Crippen LogP contribution in [0.5, 0.6) is 0 Å². The molecule has 1 heterocycles. The highest BCUT2D eigenvalue weighted by molar-refractivity contribution is 7.09. The number of aliphatic hydroxyl groups excluding tert-OH is 1. The van der Waals surface area contributed by atoms with E-state index in [0.717, 1.165) is 10.7 Å². The van der Waals surface area contributed by atoms with Crippen LogP contribution in [0.25, 0.3) is 0 Å². The van der Waals surface area contributed by atoms with Crippen LogP contribution in [0.4, 0.5) is 4.79 Å². The third-order valence-electron chi connectivity index (χ3n) is 2.66. The van der Waals surface area contributed by atoms with Crippen LogP contribution >= 0.6 is 11.3 Å². The molecule has 0 spiro atoms. The molecule has 0 radical (unpaired) electrons. The van der Waals surface area contributed by atoms with Crippen molar-refractivity contribution in [1.82, 2.24) is 15.6 Å². The van der Waals surface area contributed by atoms with E-state index in [-0.39, 0.29) is 24.1 Å². The van der Waals surface area contributed by atoms with Crippen molar-refractivity contribution >= 4 is 17.4 Å². The van der Waals surface area contributed by atoms with Crippen molar-refractivity contribution in [3.05, 3.63) is 16.1 Å². The lowest BCUT2D eigenvalue weighted by Gasteiger charge is -2.14. The molecule has 5 nitrogen and oxygen atoms in total. The quantitative estimate of drug-likeness (QED) is 0.774. The molecule has 108 valence electrons. The van der Waals surface area contributed by atoms with Gasteiger partial charge in [-0.1, -0.05) is 20.8 Å². The number of hydrogen-bond donors (Lipinski definition) is 3. The molecular formula is C13H23N3O2S. The van der Waals surface area contributed by atoms with Gasteiger partial charge in [-0.3, -0.25) is 0 Å². The van der Waals surface area contributed by atoms with Gasteiger partial charge in [0.2, 0.25) is 0 Å². The fourth-order valence-corrected chi connectivity index (χ4v) is 2.39. The van der Waals surface area contributed by atoms with Crippen LogP contribution < -0.4 is 10.6 Å². The largest absolute Gasteiger partial charge is 0.396 e. The Labute approximate surface area is 118 Å². The van der Waals surface area contributed by atoms with E-state index in [4.69, 9.17) is 5.11 Å². The average molecular weight is 285 g/mol. The zero-order chi connectivity index (χ0) is 14.5. The first-order valence-corrected chi connectivity index (χ1v) is 7.31. The number of aliphatic hydroxyl groups is 1. The van der Waals surface area contributed by atoms with Crippen LogP contribution in [0.3, 0.4) is 0 Å². The molecular weight excluding hydrogens is 262 g/mol. The number of carbonyl (C=O) groups is 1. The van der Waals surface area contributed by atoms with E-state index in [1.165, 1.54) is 0 Å². The van der Waals surface area contributed by atoms with Crippen molar-refractivity contribution in [3.8, 4) is 0 Å². The highest BCUT2D eigenvalue weighted by atomic mass is 32.1. The lowest BCUT2D eigenvalue weighted by molar-refractivity contribution is 0.230. The highest BCUT2D eigenvalue weighted by Gasteiger charge is 2.17. The zero-order valence-corrected chi connectivity index (χ0v) is 12.8. The third kappa shape index (κ3) is 5.57. The molecule has 2 amide bonds. The Balaban J connectivity index is 2.40. The van der Waals surface area contributed by atoms with Gasteiger partial charge in [-0.05, 0) is 13.3 Å². The minimum Gasteiger partial charge on any atom is -0.396 e. The molecule has 0 saturated heterocycles. The van der Waals surface area contributed by atoms with Crippen molar-refractivity contribution in [1.29, 1.82) is 0 Å². The van der Waals surface area contributed by atoms with Crippen molar-refractivity contribution in [3.63, 3.8) is 0 Å². The third-order valence-corrected chi connectivity index (χ3v) is 3.51. The Bertz CT molecular complexity index is 412. The number of nitrogens with one attached hydrogen (secondary N) is 2. The van der Waals surface area contributed by atoms with Crippen molar-refractivity contribution in [2.24, 2.45) is 0 Å². The second-order valence-corrected chi connectivity index (χ2v) is 6.56. The normalized spacial score (nSPS) is 13.1. The van der Waals surface area contributed by atoms with Gasteiger partial charge >= 0.3 is 6.03 Å². The lowest BCUT2D eigenvalue weighted by atomic mass is 9.93. The van der Waals surface area contributed by atoms with Crippen molar-refractivity contribution in [2.75, 3.05) is 6.61 Å². The van der Waals surface area contributed by atoms with Crippen LogP contribution in [-0.4, -0.2) is 28.8 Å². The number of thiazole rings is 1. The molecule has 0 aliphatic rings. The van der Waals surface area contributed by atoms with Crippen molar-refractivity contribution < 1.29 is 9.90 Å². The molecule has 0 unspecified atom stereocenters. The summed E-state index contributed by atoms with van der Waals surface area (Å²) in [5, 5.41) is 17.2. The predicted octanol–water partition coefficient (Wildman–Crippen LogP) is 2.01. The van der Waals surface area contributed by atoms with Gasteiger partial charge in [-0.15, -0.1) is 11.3 Å². The molecule has 0 saturated carbocycles. The molecule has 6 heteroatoms. The SMILES string of the molecule is C[C@H](CCO)NC(=O)NCc1nc(C(C)(C)C)cs1. The van der Waals surface area contributed by atoms with Gasteiger partial charge in [0.1, 0.15) is 5.01 Å². The number of hydrogen-bond acceptors (Lipinski definition) is 4. The molecule has 0 bridgehead atoms. The number of amides is 2. The topological polar surface area (TPSA) is 74.2 Å². The van der Waals surface area contributed by atoms with Crippen molar-refractivity contribution in [2.45, 2.75) is 52.1 Å². The fraction of sp³-hybridized carbons (Fsp3) is 0.692. The smallest absolute Gasteiger partial charge is 0.315 e. The summed E-state index contributed by atoms with van der Waals surface area (Å²) in [4.78, 5) is 16.1. The standard InChI is InChI=1S/C13H23N3O2S/c1-9(5-6-17)15-12(18)14-7-11-16-10(8-19-11)13(2,3)4/h8-9,17H,5-7H2,1-4H3,(H2,14,15,18)/t9-/m1/s1. The van der Waals surface area contributed by atoms with Gasteiger partial charge in [0.25, 0.3) is 0 Å².